The van der Waals surface area contributed by atoms with Crippen LogP contribution in [0.1, 0.15) is 66.8 Å². The highest BCUT2D eigenvalue weighted by Gasteiger charge is 2.53. The largest absolute Gasteiger partial charge is 0.412 e. The van der Waals surface area contributed by atoms with E-state index in [4.69, 9.17) is 0 Å². The standard InChI is InChI=1S/C50H57O3P3.2H2O/c1-32-13-33(2)20-44(19-32)54(51,45-21-34(3)14-35(4)22-45)31-50(55(52,46-23-36(5)15-37(6)24-46)47-25-38(7)16-39(8)26-47)56(53,48-27-40(9)17-41(10)28-48)49-29-42(11)18-43(12)30-49;;/h13-30,50H,31H2,1-12H3;2*1H2. The highest BCUT2D eigenvalue weighted by atomic mass is 31.2. The van der Waals surface area contributed by atoms with Gasteiger partial charge in [0.05, 0.1) is 5.40 Å². The maximum Gasteiger partial charge on any atom is 0.154 e. The van der Waals surface area contributed by atoms with Crippen LogP contribution in [-0.2, 0) is 13.7 Å². The van der Waals surface area contributed by atoms with Crippen molar-refractivity contribution < 1.29 is 24.6 Å². The van der Waals surface area contributed by atoms with Gasteiger partial charge in [-0.25, -0.2) is 0 Å². The van der Waals surface area contributed by atoms with Crippen molar-refractivity contribution in [3.63, 3.8) is 0 Å². The molecule has 58 heavy (non-hydrogen) atoms. The number of aryl methyl sites for hydroxylation is 12. The van der Waals surface area contributed by atoms with Crippen LogP contribution in [0.2, 0.25) is 0 Å². The van der Waals surface area contributed by atoms with Crippen molar-refractivity contribution in [1.29, 1.82) is 0 Å². The highest BCUT2D eigenvalue weighted by molar-refractivity contribution is 7.96. The van der Waals surface area contributed by atoms with Crippen molar-refractivity contribution in [3.8, 4) is 0 Å². The van der Waals surface area contributed by atoms with Gasteiger partial charge in [-0.3, -0.25) is 0 Å². The van der Waals surface area contributed by atoms with Crippen LogP contribution in [0, 0.1) is 83.1 Å². The van der Waals surface area contributed by atoms with Crippen LogP contribution >= 0.6 is 21.4 Å². The molecular formula is C50H61O5P3. The van der Waals surface area contributed by atoms with E-state index < -0.39 is 26.8 Å². The zero-order chi connectivity index (χ0) is 40.9. The van der Waals surface area contributed by atoms with E-state index in [0.29, 0.717) is 31.8 Å². The first kappa shape index (κ1) is 46.6. The summed E-state index contributed by atoms with van der Waals surface area (Å²) in [7, 11) is -11.7. The normalized spacial score (nSPS) is 11.9. The Kier molecular flexibility index (Phi) is 14.2. The van der Waals surface area contributed by atoms with Gasteiger partial charge in [0.15, 0.2) is 14.3 Å². The number of hydrogen-bond donors (Lipinski definition) is 0. The molecule has 0 aliphatic carbocycles. The lowest BCUT2D eigenvalue weighted by Crippen LogP contribution is -2.38. The maximum atomic E-state index is 17.6. The van der Waals surface area contributed by atoms with Crippen molar-refractivity contribution in [2.24, 2.45) is 0 Å². The number of rotatable bonds is 10. The zero-order valence-corrected chi connectivity index (χ0v) is 38.9. The second-order valence-electron chi connectivity index (χ2n) is 16.8. The summed E-state index contributed by atoms with van der Waals surface area (Å²) in [5, 5.41) is 2.90. The summed E-state index contributed by atoms with van der Waals surface area (Å²) in [5.74, 6) is 0. The third-order valence-corrected chi connectivity index (χ3v) is 22.6. The Bertz CT molecular complexity index is 2250. The van der Waals surface area contributed by atoms with Crippen LogP contribution in [0.15, 0.2) is 109 Å². The third-order valence-electron chi connectivity index (χ3n) is 10.9. The predicted molar refractivity (Wildman–Crippen MR) is 252 cm³/mol. The van der Waals surface area contributed by atoms with Gasteiger partial charge in [-0.1, -0.05) is 103 Å². The van der Waals surface area contributed by atoms with E-state index in [1.165, 1.54) is 0 Å². The molecule has 6 aromatic rings. The Morgan fingerprint density at radius 3 is 0.621 bits per heavy atom. The fourth-order valence-electron chi connectivity index (χ4n) is 8.92. The van der Waals surface area contributed by atoms with E-state index >= 15 is 13.7 Å². The first-order chi connectivity index (χ1) is 26.2. The lowest BCUT2D eigenvalue weighted by Gasteiger charge is -2.38. The summed E-state index contributed by atoms with van der Waals surface area (Å²) in [6.07, 6.45) is -0.0622. The molecule has 8 heteroatoms. The monoisotopic (exact) mass is 834 g/mol. The van der Waals surface area contributed by atoms with Crippen molar-refractivity contribution in [3.05, 3.63) is 176 Å². The second kappa shape index (κ2) is 17.6. The van der Waals surface area contributed by atoms with Crippen molar-refractivity contribution in [2.45, 2.75) is 88.5 Å². The SMILES string of the molecule is Cc1cc(C)cc(P(=O)(CC(P(=O)(c2cc(C)cc(C)c2)c2cc(C)cc(C)c2)P(=O)(c2cc(C)cc(C)c2)c2cc(C)cc(C)c2)c2cc(C)cc(C)c2)c1.O.O. The minimum Gasteiger partial charge on any atom is -0.412 e. The Morgan fingerprint density at radius 2 is 0.448 bits per heavy atom. The van der Waals surface area contributed by atoms with Crippen LogP contribution in [-0.4, -0.2) is 22.5 Å². The van der Waals surface area contributed by atoms with Crippen LogP contribution in [0.25, 0.3) is 0 Å². The molecule has 0 saturated carbocycles. The van der Waals surface area contributed by atoms with E-state index in [1.54, 1.807) is 0 Å². The molecule has 0 aromatic heterocycles. The first-order valence-electron chi connectivity index (χ1n) is 19.5. The summed E-state index contributed by atoms with van der Waals surface area (Å²) in [4.78, 5) is 0. The van der Waals surface area contributed by atoms with E-state index in [0.717, 1.165) is 66.8 Å². The van der Waals surface area contributed by atoms with Gasteiger partial charge in [-0.15, -0.1) is 0 Å². The lowest BCUT2D eigenvalue weighted by molar-refractivity contribution is 0.570. The third kappa shape index (κ3) is 9.21. The molecule has 0 aliphatic rings. The molecule has 0 heterocycles. The van der Waals surface area contributed by atoms with Crippen LogP contribution in [0.4, 0.5) is 0 Å². The Hall–Kier alpha value is -4.07. The fourth-order valence-corrected chi connectivity index (χ4v) is 23.5. The van der Waals surface area contributed by atoms with Gasteiger partial charge in [-0.2, -0.15) is 0 Å². The molecule has 0 radical (unpaired) electrons. The molecule has 0 fully saturated rings. The minimum absolute atomic E-state index is 0. The molecule has 306 valence electrons. The van der Waals surface area contributed by atoms with Gasteiger partial charge in [0, 0.05) is 38.0 Å². The summed E-state index contributed by atoms with van der Waals surface area (Å²) in [6.45, 7) is 24.4. The molecule has 6 aromatic carbocycles. The predicted octanol–water partition coefficient (Wildman–Crippen LogP) is 9.41. The van der Waals surface area contributed by atoms with Crippen LogP contribution in [0.5, 0.6) is 0 Å². The molecular weight excluding hydrogens is 773 g/mol. The quantitative estimate of drug-likeness (QED) is 0.128. The van der Waals surface area contributed by atoms with Crippen molar-refractivity contribution in [2.75, 3.05) is 6.16 Å². The molecule has 0 unspecified atom stereocenters. The summed E-state index contributed by atoms with van der Waals surface area (Å²) in [5.41, 5.74) is 11.8. The molecule has 0 saturated heterocycles. The van der Waals surface area contributed by atoms with Crippen molar-refractivity contribution >= 4 is 53.3 Å². The smallest absolute Gasteiger partial charge is 0.154 e. The van der Waals surface area contributed by atoms with Gasteiger partial charge < -0.3 is 24.6 Å². The molecule has 0 spiro atoms. The number of hydrogen-bond acceptors (Lipinski definition) is 3. The number of benzene rings is 6. The van der Waals surface area contributed by atoms with E-state index in [2.05, 4.69) is 36.4 Å². The van der Waals surface area contributed by atoms with Crippen LogP contribution < -0.4 is 31.8 Å². The minimum atomic E-state index is -3.98. The molecule has 6 rings (SSSR count). The molecule has 0 bridgehead atoms. The highest BCUT2D eigenvalue weighted by Crippen LogP contribution is 2.70. The molecule has 0 atom stereocenters. The average molecular weight is 835 g/mol. The Balaban J connectivity index is 0.00000372. The maximum absolute atomic E-state index is 17.6. The fraction of sp³-hybridized carbons (Fsp3) is 0.280. The zero-order valence-electron chi connectivity index (χ0n) is 36.2. The molecule has 0 aliphatic heterocycles. The Morgan fingerprint density at radius 1 is 0.293 bits per heavy atom. The van der Waals surface area contributed by atoms with Crippen molar-refractivity contribution in [1.82, 2.24) is 0 Å². The first-order valence-corrected chi connectivity index (χ1v) is 25.0. The summed E-state index contributed by atoms with van der Waals surface area (Å²) in [6, 6.07) is 36.8. The van der Waals surface area contributed by atoms with Gasteiger partial charge in [0.25, 0.3) is 0 Å². The summed E-state index contributed by atoms with van der Waals surface area (Å²) >= 11 is 0. The summed E-state index contributed by atoms with van der Waals surface area (Å²) < 4.78 is 52.1. The average Bonchev–Trinajstić information content (AvgIpc) is 3.07. The van der Waals surface area contributed by atoms with Gasteiger partial charge >= 0.3 is 0 Å². The molecule has 4 N–H and O–H groups in total. The van der Waals surface area contributed by atoms with E-state index in [-0.39, 0.29) is 17.1 Å². The van der Waals surface area contributed by atoms with Crippen LogP contribution in [0.3, 0.4) is 0 Å². The lowest BCUT2D eigenvalue weighted by atomic mass is 10.2. The topological polar surface area (TPSA) is 114 Å². The molecule has 0 amide bonds. The van der Waals surface area contributed by atoms with E-state index in [9.17, 15) is 0 Å². The van der Waals surface area contributed by atoms with Gasteiger partial charge in [0.2, 0.25) is 0 Å². The Labute approximate surface area is 347 Å². The second-order valence-corrected chi connectivity index (χ2v) is 26.0. The van der Waals surface area contributed by atoms with Gasteiger partial charge in [0.1, 0.15) is 7.14 Å². The molecule has 5 nitrogen and oxygen atoms in total. The van der Waals surface area contributed by atoms with E-state index in [1.807, 2.05) is 156 Å². The van der Waals surface area contributed by atoms with Gasteiger partial charge in [-0.05, 0) is 156 Å².